The number of fused-ring (bicyclic) bond motifs is 1. The van der Waals surface area contributed by atoms with Gasteiger partial charge in [0, 0.05) is 43.2 Å². The second-order valence-corrected chi connectivity index (χ2v) is 9.63. The number of nitrogens with one attached hydrogen (secondary N) is 2. The van der Waals surface area contributed by atoms with Gasteiger partial charge in [-0.25, -0.2) is 9.37 Å². The molecule has 0 atom stereocenters. The number of aromatic nitrogens is 4. The van der Waals surface area contributed by atoms with Crippen LogP contribution in [0.2, 0.25) is 0 Å². The van der Waals surface area contributed by atoms with Crippen molar-refractivity contribution in [3.05, 3.63) is 59.7 Å². The third kappa shape index (κ3) is 3.83. The van der Waals surface area contributed by atoms with Gasteiger partial charge in [-0.05, 0) is 54.8 Å². The third-order valence-electron chi connectivity index (χ3n) is 7.33. The van der Waals surface area contributed by atoms with E-state index in [1.54, 1.807) is 24.3 Å². The molecule has 8 heteroatoms. The molecule has 0 amide bonds. The van der Waals surface area contributed by atoms with Crippen LogP contribution in [0.4, 0.5) is 4.39 Å². The molecule has 2 aliphatic heterocycles. The molecule has 0 aliphatic carbocycles. The Morgan fingerprint density at radius 3 is 2.80 bits per heavy atom. The molecule has 3 N–H and O–H groups in total. The minimum atomic E-state index is -0.381. The summed E-state index contributed by atoms with van der Waals surface area (Å²) in [5.74, 6) is 0.446. The first kappa shape index (κ1) is 22.0. The van der Waals surface area contributed by atoms with Crippen LogP contribution >= 0.6 is 0 Å². The minimum absolute atomic E-state index is 0.180. The largest absolute Gasteiger partial charge is 0.508 e. The van der Waals surface area contributed by atoms with Crippen LogP contribution in [0.1, 0.15) is 24.6 Å². The van der Waals surface area contributed by atoms with Crippen LogP contribution in [0.25, 0.3) is 39.1 Å². The number of H-pyrrole nitrogens is 2. The second kappa shape index (κ2) is 8.62. The van der Waals surface area contributed by atoms with E-state index < -0.39 is 0 Å². The van der Waals surface area contributed by atoms with Crippen LogP contribution < -0.4 is 0 Å². The van der Waals surface area contributed by atoms with Crippen molar-refractivity contribution in [3.63, 3.8) is 0 Å². The molecular weight excluding hydrogens is 443 g/mol. The molecule has 2 aromatic carbocycles. The SMILES string of the molecule is CCc1cc(O)ccc1-c1ccc2c(-c3ncc(C4=CCCN(C5CN(C)C5)C4)[nH]3)[nH]nc2c1F. The summed E-state index contributed by atoms with van der Waals surface area (Å²) in [5.41, 5.74) is 5.32. The molecule has 2 aliphatic rings. The van der Waals surface area contributed by atoms with Gasteiger partial charge in [-0.2, -0.15) is 5.10 Å². The van der Waals surface area contributed by atoms with E-state index in [0.29, 0.717) is 34.9 Å². The van der Waals surface area contributed by atoms with Crippen molar-refractivity contribution < 1.29 is 9.50 Å². The Kier molecular flexibility index (Phi) is 5.42. The molecule has 1 saturated heterocycles. The van der Waals surface area contributed by atoms with Crippen LogP contribution in [-0.4, -0.2) is 74.3 Å². The van der Waals surface area contributed by atoms with E-state index in [-0.39, 0.29) is 17.1 Å². The minimum Gasteiger partial charge on any atom is -0.508 e. The first-order chi connectivity index (χ1) is 17.0. The van der Waals surface area contributed by atoms with E-state index in [0.717, 1.165) is 49.4 Å². The van der Waals surface area contributed by atoms with Crippen molar-refractivity contribution in [2.75, 3.05) is 33.2 Å². The quantitative estimate of drug-likeness (QED) is 0.400. The number of imidazole rings is 1. The van der Waals surface area contributed by atoms with Gasteiger partial charge in [0.2, 0.25) is 0 Å². The zero-order valence-electron chi connectivity index (χ0n) is 20.0. The monoisotopic (exact) mass is 472 g/mol. The molecule has 35 heavy (non-hydrogen) atoms. The van der Waals surface area contributed by atoms with Gasteiger partial charge in [-0.3, -0.25) is 10.00 Å². The van der Waals surface area contributed by atoms with E-state index in [9.17, 15) is 5.11 Å². The van der Waals surface area contributed by atoms with Crippen LogP contribution in [0.3, 0.4) is 0 Å². The third-order valence-corrected chi connectivity index (χ3v) is 7.33. The molecule has 1 fully saturated rings. The average Bonchev–Trinajstić information content (AvgIpc) is 3.50. The summed E-state index contributed by atoms with van der Waals surface area (Å²) in [7, 11) is 2.16. The molecule has 7 nitrogen and oxygen atoms in total. The number of likely N-dealkylation sites (N-methyl/N-ethyl adjacent to an activating group) is 1. The molecule has 0 bridgehead atoms. The highest BCUT2D eigenvalue weighted by molar-refractivity contribution is 5.95. The molecule has 2 aromatic heterocycles. The highest BCUT2D eigenvalue weighted by Gasteiger charge is 2.31. The van der Waals surface area contributed by atoms with Crippen molar-refractivity contribution in [1.29, 1.82) is 0 Å². The van der Waals surface area contributed by atoms with E-state index in [4.69, 9.17) is 0 Å². The smallest absolute Gasteiger partial charge is 0.159 e. The Morgan fingerprint density at radius 2 is 2.00 bits per heavy atom. The summed E-state index contributed by atoms with van der Waals surface area (Å²) >= 11 is 0. The van der Waals surface area contributed by atoms with E-state index >= 15 is 4.39 Å². The van der Waals surface area contributed by atoms with Crippen LogP contribution in [-0.2, 0) is 6.42 Å². The van der Waals surface area contributed by atoms with Crippen LogP contribution in [0.5, 0.6) is 5.75 Å². The van der Waals surface area contributed by atoms with E-state index in [1.807, 2.05) is 19.2 Å². The lowest BCUT2D eigenvalue weighted by molar-refractivity contribution is 0.0608. The first-order valence-electron chi connectivity index (χ1n) is 12.2. The van der Waals surface area contributed by atoms with Crippen LogP contribution in [0, 0.1) is 5.82 Å². The Balaban J connectivity index is 1.30. The number of benzene rings is 2. The predicted molar refractivity (Wildman–Crippen MR) is 136 cm³/mol. The zero-order valence-corrected chi connectivity index (χ0v) is 20.0. The van der Waals surface area contributed by atoms with Crippen molar-refractivity contribution in [3.8, 4) is 28.4 Å². The van der Waals surface area contributed by atoms with Gasteiger partial charge in [0.05, 0.1) is 11.9 Å². The maximum Gasteiger partial charge on any atom is 0.159 e. The number of rotatable bonds is 5. The van der Waals surface area contributed by atoms with E-state index in [1.165, 1.54) is 5.57 Å². The Bertz CT molecular complexity index is 1430. The first-order valence-corrected chi connectivity index (χ1v) is 12.2. The number of phenolic OH excluding ortho intramolecular Hbond substituents is 1. The van der Waals surface area contributed by atoms with Crippen molar-refractivity contribution >= 4 is 16.5 Å². The lowest BCUT2D eigenvalue weighted by Gasteiger charge is -2.45. The van der Waals surface area contributed by atoms with Crippen molar-refractivity contribution in [1.82, 2.24) is 30.0 Å². The average molecular weight is 473 g/mol. The maximum absolute atomic E-state index is 15.6. The number of aryl methyl sites for hydroxylation is 1. The normalized spacial score (nSPS) is 17.6. The topological polar surface area (TPSA) is 84.1 Å². The standard InChI is InChI=1S/C27H29FN6O/c1-3-16-11-19(35)6-7-20(16)21-8-9-22-25(24(21)28)31-32-26(22)27-29-12-23(30-27)17-5-4-10-34(13-17)18-14-33(2)15-18/h5-9,11-12,18,35H,3-4,10,13-15H2,1-2H3,(H,29,30)(H,31,32). The van der Waals surface area contributed by atoms with Crippen LogP contribution in [0.15, 0.2) is 42.6 Å². The number of nitrogens with zero attached hydrogens (tertiary/aromatic N) is 4. The number of phenols is 1. The summed E-state index contributed by atoms with van der Waals surface area (Å²) in [6, 6.07) is 9.32. The summed E-state index contributed by atoms with van der Waals surface area (Å²) in [5, 5.41) is 17.8. The molecule has 0 radical (unpaired) electrons. The number of aromatic amines is 2. The van der Waals surface area contributed by atoms with Gasteiger partial charge in [-0.1, -0.05) is 25.1 Å². The van der Waals surface area contributed by atoms with Gasteiger partial charge in [0.1, 0.15) is 17.0 Å². The summed E-state index contributed by atoms with van der Waals surface area (Å²) in [6.07, 6.45) is 5.86. The zero-order chi connectivity index (χ0) is 24.1. The fraction of sp³-hybridized carbons (Fsp3) is 0.333. The summed E-state index contributed by atoms with van der Waals surface area (Å²) in [6.45, 7) is 6.24. The van der Waals surface area contributed by atoms with Gasteiger partial charge >= 0.3 is 0 Å². The highest BCUT2D eigenvalue weighted by atomic mass is 19.1. The van der Waals surface area contributed by atoms with Gasteiger partial charge in [-0.15, -0.1) is 0 Å². The molecule has 0 spiro atoms. The predicted octanol–water partition coefficient (Wildman–Crippen LogP) is 4.43. The maximum atomic E-state index is 15.6. The fourth-order valence-corrected chi connectivity index (χ4v) is 5.35. The van der Waals surface area contributed by atoms with Gasteiger partial charge in [0.25, 0.3) is 0 Å². The molecule has 0 saturated carbocycles. The van der Waals surface area contributed by atoms with Gasteiger partial charge in [0.15, 0.2) is 11.6 Å². The number of hydrogen-bond acceptors (Lipinski definition) is 5. The molecule has 4 aromatic rings. The lowest BCUT2D eigenvalue weighted by atomic mass is 9.96. The number of likely N-dealkylation sites (tertiary alicyclic amines) is 1. The number of hydrogen-bond donors (Lipinski definition) is 3. The van der Waals surface area contributed by atoms with Gasteiger partial charge < -0.3 is 15.0 Å². The fourth-order valence-electron chi connectivity index (χ4n) is 5.35. The molecule has 0 unspecified atom stereocenters. The summed E-state index contributed by atoms with van der Waals surface area (Å²) < 4.78 is 15.6. The molecule has 6 rings (SSSR count). The Morgan fingerprint density at radius 1 is 1.17 bits per heavy atom. The molecular formula is C27H29FN6O. The van der Waals surface area contributed by atoms with Crippen molar-refractivity contribution in [2.24, 2.45) is 0 Å². The molecule has 180 valence electrons. The number of aromatic hydroxyl groups is 1. The second-order valence-electron chi connectivity index (χ2n) is 9.63. The lowest BCUT2D eigenvalue weighted by Crippen LogP contribution is -2.58. The Hall–Kier alpha value is -3.49. The number of halogens is 1. The highest BCUT2D eigenvalue weighted by Crippen LogP contribution is 2.35. The van der Waals surface area contributed by atoms with E-state index in [2.05, 4.69) is 43.1 Å². The van der Waals surface area contributed by atoms with Crippen molar-refractivity contribution in [2.45, 2.75) is 25.8 Å². The summed E-state index contributed by atoms with van der Waals surface area (Å²) in [4.78, 5) is 12.9. The molecule has 4 heterocycles. The Labute approximate surface area is 203 Å².